The molecule has 1 aliphatic heterocycles. The van der Waals surface area contributed by atoms with E-state index in [1.165, 1.54) is 11.0 Å². The van der Waals surface area contributed by atoms with Crippen molar-refractivity contribution >= 4 is 17.2 Å². The molecule has 1 fully saturated rings. The second-order valence-electron chi connectivity index (χ2n) is 8.79. The second kappa shape index (κ2) is 8.35. The van der Waals surface area contributed by atoms with Gasteiger partial charge in [0.2, 0.25) is 0 Å². The number of aliphatic hydroxyl groups excluding tert-OH is 1. The molecule has 5 rings (SSSR count). The fraction of sp³-hybridized carbons (Fsp3) is 0.375. The number of thiophene rings is 1. The Hall–Kier alpha value is -2.98. The predicted octanol–water partition coefficient (Wildman–Crippen LogP) is 3.94. The van der Waals surface area contributed by atoms with E-state index in [4.69, 9.17) is 4.98 Å². The molecule has 3 aromatic rings. The number of hydrogen-bond donors (Lipinski definition) is 2. The fourth-order valence-corrected chi connectivity index (χ4v) is 5.50. The van der Waals surface area contributed by atoms with Gasteiger partial charge in [-0.15, -0.1) is 11.3 Å². The van der Waals surface area contributed by atoms with Crippen molar-refractivity contribution in [2.24, 2.45) is 0 Å². The Balaban J connectivity index is 1.40. The number of aryl methyl sites for hydroxylation is 1. The van der Waals surface area contributed by atoms with Crippen LogP contribution in [0.1, 0.15) is 58.5 Å². The normalized spacial score (nSPS) is 18.2. The summed E-state index contributed by atoms with van der Waals surface area (Å²) in [6, 6.07) is 8.11. The SMILES string of the molecule is O=C(C(O)c1cccc(C(F)(F)F)c1)N1CCCc2nc(C3(c4cccs4)CC3)[nH]c(=O)c2C1. The van der Waals surface area contributed by atoms with E-state index in [0.29, 0.717) is 29.9 Å². The Labute approximate surface area is 197 Å². The molecule has 3 heterocycles. The highest BCUT2D eigenvalue weighted by molar-refractivity contribution is 7.10. The topological polar surface area (TPSA) is 86.3 Å². The van der Waals surface area contributed by atoms with Gasteiger partial charge in [0.05, 0.1) is 28.8 Å². The number of aliphatic hydroxyl groups is 1. The van der Waals surface area contributed by atoms with Gasteiger partial charge in [-0.1, -0.05) is 18.2 Å². The highest BCUT2D eigenvalue weighted by Crippen LogP contribution is 2.53. The number of benzene rings is 1. The number of fused-ring (bicyclic) bond motifs is 1. The standard InChI is InChI=1S/C24H22F3N3O3S/c25-24(26,27)15-5-1-4-14(12-15)19(31)21(33)30-10-2-6-17-16(13-30)20(32)29-22(28-17)23(8-9-23)18-7-3-11-34-18/h1,3-5,7,11-12,19,31H,2,6,8-10,13H2,(H,28,29,32). The van der Waals surface area contributed by atoms with Crippen LogP contribution < -0.4 is 5.56 Å². The Kier molecular flexibility index (Phi) is 5.60. The van der Waals surface area contributed by atoms with Crippen molar-refractivity contribution < 1.29 is 23.1 Å². The van der Waals surface area contributed by atoms with Crippen LogP contribution in [0.4, 0.5) is 13.2 Å². The van der Waals surface area contributed by atoms with Gasteiger partial charge in [0, 0.05) is 11.4 Å². The molecule has 2 N–H and O–H groups in total. The molecular weight excluding hydrogens is 467 g/mol. The van der Waals surface area contributed by atoms with Crippen LogP contribution in [0.2, 0.25) is 0 Å². The number of rotatable bonds is 4. The molecule has 10 heteroatoms. The number of carbonyl (C=O) groups is 1. The van der Waals surface area contributed by atoms with Gasteiger partial charge in [-0.3, -0.25) is 9.59 Å². The molecular formula is C24H22F3N3O3S. The minimum atomic E-state index is -4.58. The van der Waals surface area contributed by atoms with Crippen molar-refractivity contribution in [1.82, 2.24) is 14.9 Å². The zero-order valence-electron chi connectivity index (χ0n) is 18.1. The maximum absolute atomic E-state index is 13.0. The van der Waals surface area contributed by atoms with Crippen LogP contribution in [0.3, 0.4) is 0 Å². The van der Waals surface area contributed by atoms with E-state index in [1.807, 2.05) is 17.5 Å². The van der Waals surface area contributed by atoms with Gasteiger partial charge >= 0.3 is 6.18 Å². The molecule has 178 valence electrons. The van der Waals surface area contributed by atoms with E-state index in [1.54, 1.807) is 11.3 Å². The van der Waals surface area contributed by atoms with Crippen LogP contribution in [-0.4, -0.2) is 32.4 Å². The number of hydrogen-bond acceptors (Lipinski definition) is 5. The number of aromatic amines is 1. The first-order valence-corrected chi connectivity index (χ1v) is 11.9. The van der Waals surface area contributed by atoms with Crippen molar-refractivity contribution in [2.45, 2.75) is 49.9 Å². The predicted molar refractivity (Wildman–Crippen MR) is 119 cm³/mol. The number of aromatic nitrogens is 2. The average molecular weight is 490 g/mol. The highest BCUT2D eigenvalue weighted by atomic mass is 32.1. The molecule has 0 spiro atoms. The summed E-state index contributed by atoms with van der Waals surface area (Å²) in [7, 11) is 0. The molecule has 1 atom stereocenters. The Morgan fingerprint density at radius 2 is 2.03 bits per heavy atom. The van der Waals surface area contributed by atoms with Gasteiger partial charge in [-0.25, -0.2) is 4.98 Å². The lowest BCUT2D eigenvalue weighted by Crippen LogP contribution is -2.36. The van der Waals surface area contributed by atoms with Crippen LogP contribution in [0.25, 0.3) is 0 Å². The van der Waals surface area contributed by atoms with Crippen molar-refractivity contribution in [3.63, 3.8) is 0 Å². The summed E-state index contributed by atoms with van der Waals surface area (Å²) in [5.41, 5.74) is -0.678. The van der Waals surface area contributed by atoms with E-state index in [0.717, 1.165) is 35.9 Å². The smallest absolute Gasteiger partial charge is 0.378 e. The van der Waals surface area contributed by atoms with E-state index < -0.39 is 23.8 Å². The summed E-state index contributed by atoms with van der Waals surface area (Å²) in [6.07, 6.45) is -3.51. The Morgan fingerprint density at radius 3 is 2.71 bits per heavy atom. The maximum Gasteiger partial charge on any atom is 0.416 e. The largest absolute Gasteiger partial charge is 0.416 e. The van der Waals surface area contributed by atoms with Crippen molar-refractivity contribution in [3.8, 4) is 0 Å². The van der Waals surface area contributed by atoms with Gasteiger partial charge in [0.1, 0.15) is 5.82 Å². The first kappa shape index (κ1) is 22.8. The summed E-state index contributed by atoms with van der Waals surface area (Å²) in [5, 5.41) is 12.5. The number of alkyl halides is 3. The van der Waals surface area contributed by atoms with Crippen LogP contribution in [0.15, 0.2) is 46.6 Å². The summed E-state index contributed by atoms with van der Waals surface area (Å²) in [6.45, 7) is 0.203. The van der Waals surface area contributed by atoms with Crippen LogP contribution in [0, 0.1) is 0 Å². The van der Waals surface area contributed by atoms with Gasteiger partial charge in [-0.2, -0.15) is 13.2 Å². The fourth-order valence-electron chi connectivity index (χ4n) is 4.51. The molecule has 6 nitrogen and oxygen atoms in total. The summed E-state index contributed by atoms with van der Waals surface area (Å²) >= 11 is 1.63. The van der Waals surface area contributed by atoms with Crippen molar-refractivity contribution in [3.05, 3.63) is 85.2 Å². The number of nitrogens with zero attached hydrogens (tertiary/aromatic N) is 2. The molecule has 2 aliphatic rings. The Morgan fingerprint density at radius 1 is 1.24 bits per heavy atom. The molecule has 2 aromatic heterocycles. The molecule has 1 unspecified atom stereocenters. The average Bonchev–Trinajstić information content (AvgIpc) is 3.50. The van der Waals surface area contributed by atoms with Crippen molar-refractivity contribution in [1.29, 1.82) is 0 Å². The van der Waals surface area contributed by atoms with E-state index in [-0.39, 0.29) is 29.6 Å². The quantitative estimate of drug-likeness (QED) is 0.581. The van der Waals surface area contributed by atoms with E-state index >= 15 is 0 Å². The third kappa shape index (κ3) is 4.05. The monoisotopic (exact) mass is 489 g/mol. The molecule has 1 aromatic carbocycles. The zero-order valence-corrected chi connectivity index (χ0v) is 18.9. The number of H-pyrrole nitrogens is 1. The minimum Gasteiger partial charge on any atom is -0.378 e. The molecule has 0 saturated heterocycles. The van der Waals surface area contributed by atoms with E-state index in [9.17, 15) is 27.9 Å². The molecule has 1 amide bonds. The number of carbonyl (C=O) groups excluding carboxylic acids is 1. The minimum absolute atomic E-state index is 0.0567. The lowest BCUT2D eigenvalue weighted by Gasteiger charge is -2.24. The third-order valence-corrected chi connectivity index (χ3v) is 7.64. The van der Waals surface area contributed by atoms with Gasteiger partial charge in [0.15, 0.2) is 6.10 Å². The lowest BCUT2D eigenvalue weighted by molar-refractivity contribution is -0.142. The molecule has 34 heavy (non-hydrogen) atoms. The van der Waals surface area contributed by atoms with Crippen LogP contribution in [0.5, 0.6) is 0 Å². The summed E-state index contributed by atoms with van der Waals surface area (Å²) in [4.78, 5) is 36.2. The Bertz CT molecular complexity index is 1280. The number of halogens is 3. The zero-order chi connectivity index (χ0) is 24.1. The first-order chi connectivity index (χ1) is 16.2. The summed E-state index contributed by atoms with van der Waals surface area (Å²) in [5.74, 6) is -0.102. The van der Waals surface area contributed by atoms with Crippen LogP contribution >= 0.6 is 11.3 Å². The number of nitrogens with one attached hydrogen (secondary N) is 1. The number of amides is 1. The molecule has 1 saturated carbocycles. The second-order valence-corrected chi connectivity index (χ2v) is 9.74. The van der Waals surface area contributed by atoms with Gasteiger partial charge in [0.25, 0.3) is 11.5 Å². The van der Waals surface area contributed by atoms with Gasteiger partial charge in [-0.05, 0) is 54.8 Å². The summed E-state index contributed by atoms with van der Waals surface area (Å²) < 4.78 is 39.1. The first-order valence-electron chi connectivity index (χ1n) is 11.0. The van der Waals surface area contributed by atoms with Gasteiger partial charge < -0.3 is 15.0 Å². The molecule has 0 radical (unpaired) electrons. The van der Waals surface area contributed by atoms with Crippen molar-refractivity contribution in [2.75, 3.05) is 6.54 Å². The third-order valence-electron chi connectivity index (χ3n) is 6.56. The highest BCUT2D eigenvalue weighted by Gasteiger charge is 2.49. The van der Waals surface area contributed by atoms with E-state index in [2.05, 4.69) is 4.98 Å². The molecule has 0 bridgehead atoms. The maximum atomic E-state index is 13.0. The lowest BCUT2D eigenvalue weighted by atomic mass is 10.0. The molecule has 1 aliphatic carbocycles. The van der Waals surface area contributed by atoms with Crippen LogP contribution in [-0.2, 0) is 29.4 Å².